The Labute approximate surface area is 107 Å². The number of nitrogens with zero attached hydrogens (tertiary/aromatic N) is 1. The maximum atomic E-state index is 9.96. The highest BCUT2D eigenvalue weighted by Crippen LogP contribution is 2.27. The molecule has 1 aromatic heterocycles. The largest absolute Gasteiger partial charge is 0.392 e. The molecular weight excluding hydrogens is 232 g/mol. The second-order valence-electron chi connectivity index (χ2n) is 5.03. The van der Waals surface area contributed by atoms with Gasteiger partial charge in [0.15, 0.2) is 0 Å². The van der Waals surface area contributed by atoms with Crippen LogP contribution >= 0.6 is 11.3 Å². The Morgan fingerprint density at radius 1 is 1.35 bits per heavy atom. The van der Waals surface area contributed by atoms with E-state index < -0.39 is 0 Å². The lowest BCUT2D eigenvalue weighted by atomic mass is 9.92. The number of aliphatic hydroxyl groups excluding tert-OH is 1. The van der Waals surface area contributed by atoms with Crippen LogP contribution in [0.25, 0.3) is 0 Å². The van der Waals surface area contributed by atoms with Crippen LogP contribution < -0.4 is 5.32 Å². The van der Waals surface area contributed by atoms with Crippen molar-refractivity contribution in [3.63, 3.8) is 0 Å². The zero-order valence-electron chi connectivity index (χ0n) is 10.9. The number of nitrogens with one attached hydrogen (secondary N) is 1. The van der Waals surface area contributed by atoms with Crippen LogP contribution in [0.3, 0.4) is 0 Å². The second kappa shape index (κ2) is 5.46. The summed E-state index contributed by atoms with van der Waals surface area (Å²) in [5.74, 6) is 0. The van der Waals surface area contributed by atoms with E-state index in [0.29, 0.717) is 6.04 Å². The molecule has 1 saturated carbocycles. The number of aromatic nitrogens is 1. The summed E-state index contributed by atoms with van der Waals surface area (Å²) in [6, 6.07) is 0.541. The Kier molecular flexibility index (Phi) is 4.17. The molecule has 1 aromatic rings. The molecule has 3 unspecified atom stereocenters. The lowest BCUT2D eigenvalue weighted by Crippen LogP contribution is -2.43. The third-order valence-corrected chi connectivity index (χ3v) is 4.78. The van der Waals surface area contributed by atoms with Gasteiger partial charge in [-0.25, -0.2) is 4.98 Å². The van der Waals surface area contributed by atoms with E-state index in [4.69, 9.17) is 0 Å². The molecule has 1 aliphatic rings. The van der Waals surface area contributed by atoms with Gasteiger partial charge in [-0.3, -0.25) is 0 Å². The van der Waals surface area contributed by atoms with Crippen molar-refractivity contribution in [3.05, 3.63) is 15.6 Å². The molecular formula is C13H22N2OS. The highest BCUT2D eigenvalue weighted by molar-refractivity contribution is 7.11. The topological polar surface area (TPSA) is 45.2 Å². The first kappa shape index (κ1) is 13.0. The number of aliphatic hydroxyl groups is 1. The molecule has 3 atom stereocenters. The van der Waals surface area contributed by atoms with Crippen LogP contribution in [-0.2, 0) is 0 Å². The molecule has 0 amide bonds. The standard InChI is InChI=1S/C13H22N2OS/c1-8-13(17-10(3)14-8)9(2)15-11-6-4-5-7-12(11)16/h9,11-12,15-16H,4-7H2,1-3H3. The molecule has 0 bridgehead atoms. The van der Waals surface area contributed by atoms with Gasteiger partial charge in [0.05, 0.1) is 16.8 Å². The van der Waals surface area contributed by atoms with Crippen LogP contribution in [-0.4, -0.2) is 22.2 Å². The molecule has 0 saturated heterocycles. The summed E-state index contributed by atoms with van der Waals surface area (Å²) in [6.07, 6.45) is 4.22. The fraction of sp³-hybridized carbons (Fsp3) is 0.769. The van der Waals surface area contributed by atoms with Crippen LogP contribution in [0, 0.1) is 13.8 Å². The molecule has 1 aliphatic carbocycles. The Hall–Kier alpha value is -0.450. The zero-order chi connectivity index (χ0) is 12.4. The third kappa shape index (κ3) is 3.06. The lowest BCUT2D eigenvalue weighted by Gasteiger charge is -2.31. The number of hydrogen-bond acceptors (Lipinski definition) is 4. The second-order valence-corrected chi connectivity index (χ2v) is 6.26. The number of rotatable bonds is 3. The van der Waals surface area contributed by atoms with Crippen LogP contribution in [0.15, 0.2) is 0 Å². The smallest absolute Gasteiger partial charge is 0.0900 e. The maximum Gasteiger partial charge on any atom is 0.0900 e. The van der Waals surface area contributed by atoms with Crippen molar-refractivity contribution in [2.75, 3.05) is 0 Å². The molecule has 0 aromatic carbocycles. The summed E-state index contributed by atoms with van der Waals surface area (Å²) in [5, 5.41) is 14.6. The molecule has 2 rings (SSSR count). The van der Waals surface area contributed by atoms with Crippen molar-refractivity contribution in [1.29, 1.82) is 0 Å². The minimum atomic E-state index is -0.180. The molecule has 0 spiro atoms. The highest BCUT2D eigenvalue weighted by Gasteiger charge is 2.25. The van der Waals surface area contributed by atoms with Gasteiger partial charge >= 0.3 is 0 Å². The van der Waals surface area contributed by atoms with E-state index in [1.54, 1.807) is 11.3 Å². The molecule has 96 valence electrons. The van der Waals surface area contributed by atoms with Crippen molar-refractivity contribution in [2.24, 2.45) is 0 Å². The van der Waals surface area contributed by atoms with Gasteiger partial charge in [-0.2, -0.15) is 0 Å². The average Bonchev–Trinajstić information content (AvgIpc) is 2.61. The van der Waals surface area contributed by atoms with Crippen molar-refractivity contribution in [1.82, 2.24) is 10.3 Å². The number of hydrogen-bond donors (Lipinski definition) is 2. The van der Waals surface area contributed by atoms with Gasteiger partial charge in [-0.05, 0) is 33.6 Å². The van der Waals surface area contributed by atoms with Crippen molar-refractivity contribution in [3.8, 4) is 0 Å². The minimum absolute atomic E-state index is 0.180. The quantitative estimate of drug-likeness (QED) is 0.872. The first-order chi connectivity index (χ1) is 8.08. The monoisotopic (exact) mass is 254 g/mol. The molecule has 17 heavy (non-hydrogen) atoms. The van der Waals surface area contributed by atoms with Crippen LogP contribution in [0.5, 0.6) is 0 Å². The summed E-state index contributed by atoms with van der Waals surface area (Å²) in [6.45, 7) is 6.28. The molecule has 2 N–H and O–H groups in total. The van der Waals surface area contributed by atoms with E-state index in [1.807, 2.05) is 6.92 Å². The van der Waals surface area contributed by atoms with E-state index in [2.05, 4.69) is 24.1 Å². The Morgan fingerprint density at radius 2 is 2.06 bits per heavy atom. The Bertz CT molecular complexity index is 377. The molecule has 3 nitrogen and oxygen atoms in total. The first-order valence-corrected chi connectivity index (χ1v) is 7.27. The summed E-state index contributed by atoms with van der Waals surface area (Å²) in [5.41, 5.74) is 1.12. The molecule has 4 heteroatoms. The predicted molar refractivity (Wildman–Crippen MR) is 71.4 cm³/mol. The van der Waals surface area contributed by atoms with Crippen molar-refractivity contribution >= 4 is 11.3 Å². The van der Waals surface area contributed by atoms with Gasteiger partial charge in [-0.15, -0.1) is 11.3 Å². The van der Waals surface area contributed by atoms with Crippen LogP contribution in [0.4, 0.5) is 0 Å². The summed E-state index contributed by atoms with van der Waals surface area (Å²) >= 11 is 1.76. The molecule has 1 heterocycles. The summed E-state index contributed by atoms with van der Waals surface area (Å²) < 4.78 is 0. The normalized spacial score (nSPS) is 27.1. The number of thiazole rings is 1. The number of aryl methyl sites for hydroxylation is 2. The van der Waals surface area contributed by atoms with Crippen LogP contribution in [0.2, 0.25) is 0 Å². The lowest BCUT2D eigenvalue weighted by molar-refractivity contribution is 0.0861. The first-order valence-electron chi connectivity index (χ1n) is 6.46. The SMILES string of the molecule is Cc1nc(C)c(C(C)NC2CCCCC2O)s1. The fourth-order valence-corrected chi connectivity index (χ4v) is 3.59. The van der Waals surface area contributed by atoms with E-state index in [-0.39, 0.29) is 12.1 Å². The summed E-state index contributed by atoms with van der Waals surface area (Å²) in [4.78, 5) is 5.77. The zero-order valence-corrected chi connectivity index (χ0v) is 11.7. The Morgan fingerprint density at radius 3 is 2.65 bits per heavy atom. The van der Waals surface area contributed by atoms with Crippen molar-refractivity contribution < 1.29 is 5.11 Å². The average molecular weight is 254 g/mol. The van der Waals surface area contributed by atoms with Gasteiger partial charge in [0, 0.05) is 17.0 Å². The minimum Gasteiger partial charge on any atom is -0.392 e. The van der Waals surface area contributed by atoms with Gasteiger partial charge in [0.2, 0.25) is 0 Å². The van der Waals surface area contributed by atoms with E-state index >= 15 is 0 Å². The van der Waals surface area contributed by atoms with E-state index in [0.717, 1.165) is 30.0 Å². The van der Waals surface area contributed by atoms with Gasteiger partial charge < -0.3 is 10.4 Å². The molecule has 0 radical (unpaired) electrons. The van der Waals surface area contributed by atoms with E-state index in [9.17, 15) is 5.11 Å². The Balaban J connectivity index is 2.00. The van der Waals surface area contributed by atoms with E-state index in [1.165, 1.54) is 11.3 Å². The van der Waals surface area contributed by atoms with Crippen LogP contribution in [0.1, 0.15) is 54.2 Å². The predicted octanol–water partition coefficient (Wildman–Crippen LogP) is 2.71. The highest BCUT2D eigenvalue weighted by atomic mass is 32.1. The molecule has 0 aliphatic heterocycles. The van der Waals surface area contributed by atoms with Gasteiger partial charge in [-0.1, -0.05) is 12.8 Å². The van der Waals surface area contributed by atoms with Gasteiger partial charge in [0.1, 0.15) is 0 Å². The van der Waals surface area contributed by atoms with Gasteiger partial charge in [0.25, 0.3) is 0 Å². The summed E-state index contributed by atoms with van der Waals surface area (Å²) in [7, 11) is 0. The molecule has 1 fully saturated rings. The third-order valence-electron chi connectivity index (χ3n) is 3.53. The van der Waals surface area contributed by atoms with Crippen molar-refractivity contribution in [2.45, 2.75) is 64.6 Å². The fourth-order valence-electron chi connectivity index (χ4n) is 2.65. The maximum absolute atomic E-state index is 9.96.